The quantitative estimate of drug-likeness (QED) is 0.155. The van der Waals surface area contributed by atoms with Crippen LogP contribution < -0.4 is 0 Å². The van der Waals surface area contributed by atoms with Crippen molar-refractivity contribution in [1.29, 1.82) is 0 Å². The van der Waals surface area contributed by atoms with Crippen LogP contribution in [0.15, 0.2) is 42.6 Å². The minimum absolute atomic E-state index is 0.0168. The Bertz CT molecular complexity index is 1480. The van der Waals surface area contributed by atoms with Gasteiger partial charge in [-0.25, -0.2) is 28.7 Å². The first-order valence-electron chi connectivity index (χ1n) is 13.9. The summed E-state index contributed by atoms with van der Waals surface area (Å²) >= 11 is 0. The smallest absolute Gasteiger partial charge is 0.395 e. The van der Waals surface area contributed by atoms with Crippen molar-refractivity contribution >= 4 is 10.9 Å². The van der Waals surface area contributed by atoms with Crippen LogP contribution in [-0.2, 0) is 10.9 Å². The van der Waals surface area contributed by atoms with Crippen LogP contribution in [0, 0.1) is 17.5 Å². The van der Waals surface area contributed by atoms with Gasteiger partial charge in [-0.2, -0.15) is 13.2 Å². The van der Waals surface area contributed by atoms with E-state index >= 15 is 0 Å². The van der Waals surface area contributed by atoms with Crippen LogP contribution in [0.25, 0.3) is 11.3 Å². The predicted molar refractivity (Wildman–Crippen MR) is 150 cm³/mol. The second-order valence-corrected chi connectivity index (χ2v) is 14.5. The number of hydrogen-bond donors (Lipinski definition) is 5. The third-order valence-corrected chi connectivity index (χ3v) is 11.9. The molecule has 242 valence electrons. The number of halogens is 6. The Labute approximate surface area is 251 Å². The summed E-state index contributed by atoms with van der Waals surface area (Å²) in [6.45, 7) is 2.79. The molecule has 4 N–H and O–H groups in total. The zero-order valence-electron chi connectivity index (χ0n) is 23.7. The molecule has 5 rings (SSSR count). The van der Waals surface area contributed by atoms with Gasteiger partial charge in [0.2, 0.25) is 0 Å². The van der Waals surface area contributed by atoms with Crippen LogP contribution in [0.1, 0.15) is 49.1 Å². The van der Waals surface area contributed by atoms with Crippen molar-refractivity contribution in [2.45, 2.75) is 72.8 Å². The largest absolute Gasteiger partial charge is 0.416 e. The predicted octanol–water partition coefficient (Wildman–Crippen LogP) is 4.08. The lowest BCUT2D eigenvalue weighted by atomic mass is 9.79. The van der Waals surface area contributed by atoms with Gasteiger partial charge in [0.1, 0.15) is 11.7 Å². The Balaban J connectivity index is 1.55. The third-order valence-electron chi connectivity index (χ3n) is 8.41. The van der Waals surface area contributed by atoms with Gasteiger partial charge in [-0.3, -0.25) is 0 Å². The summed E-state index contributed by atoms with van der Waals surface area (Å²) < 4.78 is 90.9. The molecule has 2 aliphatic heterocycles. The van der Waals surface area contributed by atoms with Gasteiger partial charge in [-0.1, -0.05) is 23.4 Å². The lowest BCUT2D eigenvalue weighted by molar-refractivity contribution is -0.148. The maximum Gasteiger partial charge on any atom is 0.416 e. The molecule has 2 fully saturated rings. The van der Waals surface area contributed by atoms with Crippen LogP contribution in [0.5, 0.6) is 0 Å². The fourth-order valence-corrected chi connectivity index (χ4v) is 10.3. The van der Waals surface area contributed by atoms with Crippen molar-refractivity contribution in [3.63, 3.8) is 0 Å². The first-order chi connectivity index (χ1) is 20.6. The van der Waals surface area contributed by atoms with Crippen LogP contribution in [0.4, 0.5) is 26.3 Å². The number of hydrogen-bond acceptors (Lipinski definition) is 7. The molecule has 0 radical (unpaired) electrons. The second kappa shape index (κ2) is 11.9. The highest BCUT2D eigenvalue weighted by Crippen LogP contribution is 2.61. The summed E-state index contributed by atoms with van der Waals surface area (Å²) in [5.41, 5.74) is -4.08. The number of aliphatic hydroxyl groups is 4. The van der Waals surface area contributed by atoms with Crippen molar-refractivity contribution in [3.05, 3.63) is 71.2 Å². The number of aliphatic hydroxyl groups excluding tert-OH is 3. The lowest BCUT2D eigenvalue weighted by Gasteiger charge is -2.54. The van der Waals surface area contributed by atoms with Gasteiger partial charge >= 0.3 is 6.18 Å². The molecule has 44 heavy (non-hydrogen) atoms. The monoisotopic (exact) mass is 649 g/mol. The minimum Gasteiger partial charge on any atom is -0.395 e. The van der Waals surface area contributed by atoms with Crippen LogP contribution in [-0.4, -0.2) is 83.0 Å². The van der Waals surface area contributed by atoms with Gasteiger partial charge in [-0.05, 0) is 37.6 Å². The van der Waals surface area contributed by atoms with Crippen molar-refractivity contribution in [2.24, 2.45) is 0 Å². The number of ether oxygens (including phenoxy) is 1. The van der Waals surface area contributed by atoms with Gasteiger partial charge in [0.15, 0.2) is 17.5 Å². The number of alkyl halides is 3. The molecular formula is C29H33F6N3O5S. The molecule has 15 heteroatoms. The first-order valence-corrected chi connectivity index (χ1v) is 15.5. The van der Waals surface area contributed by atoms with Gasteiger partial charge in [0.05, 0.1) is 48.4 Å². The molecule has 3 heterocycles. The second-order valence-electron chi connectivity index (χ2n) is 12.0. The zero-order chi connectivity index (χ0) is 32.2. The average molecular weight is 650 g/mol. The lowest BCUT2D eigenvalue weighted by Crippen LogP contribution is -2.55. The van der Waals surface area contributed by atoms with E-state index in [1.54, 1.807) is 13.8 Å². The van der Waals surface area contributed by atoms with Crippen LogP contribution >= 0.6 is 10.9 Å². The number of thiol groups is 1. The van der Waals surface area contributed by atoms with E-state index in [1.807, 2.05) is 0 Å². The van der Waals surface area contributed by atoms with Crippen molar-refractivity contribution in [2.75, 3.05) is 19.0 Å². The molecule has 2 saturated heterocycles. The standard InChI is InChI=1S/C29H33F6N3O5S/c1-27(2)14-28(42,7-8-43-27)26(16-5-3-4-6-17(16)29(33,34)35)44-13-21(40)24(25(41)22(44)12-39)38-11-20(36-37-38)15-9-18(30)23(32)19(31)10-15/h3-6,9-11,21-22,24-26,39-42,44H,7-8,12-14H2,1-2H3/t21-,22+,24-,25-,26+,28+/m0/s1. The Hall–Kier alpha value is -2.69. The first kappa shape index (κ1) is 32.7. The summed E-state index contributed by atoms with van der Waals surface area (Å²) in [5.74, 6) is -4.79. The summed E-state index contributed by atoms with van der Waals surface area (Å²) in [7, 11) is -1.95. The van der Waals surface area contributed by atoms with E-state index in [-0.39, 0.29) is 42.0 Å². The Kier molecular flexibility index (Phi) is 8.85. The summed E-state index contributed by atoms with van der Waals surface area (Å²) in [6.07, 6.45) is -6.68. The molecular weight excluding hydrogens is 616 g/mol. The summed E-state index contributed by atoms with van der Waals surface area (Å²) in [6, 6.07) is 5.00. The van der Waals surface area contributed by atoms with Crippen molar-refractivity contribution in [3.8, 4) is 11.3 Å². The van der Waals surface area contributed by atoms with Gasteiger partial charge < -0.3 is 25.2 Å². The fraction of sp³-hybridized carbons (Fsp3) is 0.517. The Morgan fingerprint density at radius 2 is 1.77 bits per heavy atom. The molecule has 1 aromatic heterocycles. The van der Waals surface area contributed by atoms with E-state index in [1.165, 1.54) is 24.4 Å². The SMILES string of the molecule is CC1(C)C[C@@](O)([C@@H](c2ccccc2C(F)(F)F)[SH]2C[C@H](O)[C@H](n3cc(-c4cc(F)c(F)c(F)c4)nn3)[C@@H](O)[C@H]2CO)CCO1. The fourth-order valence-electron chi connectivity index (χ4n) is 6.60. The van der Waals surface area contributed by atoms with E-state index in [0.29, 0.717) is 12.1 Å². The molecule has 7 atom stereocenters. The molecule has 0 saturated carbocycles. The molecule has 1 unspecified atom stereocenters. The molecule has 0 spiro atoms. The molecule has 8 nitrogen and oxygen atoms in total. The van der Waals surface area contributed by atoms with E-state index in [2.05, 4.69) is 10.3 Å². The van der Waals surface area contributed by atoms with Crippen molar-refractivity contribution < 1.29 is 51.5 Å². The minimum atomic E-state index is -4.78. The van der Waals surface area contributed by atoms with Gasteiger partial charge in [0, 0.05) is 34.7 Å². The highest BCUT2D eigenvalue weighted by molar-refractivity contribution is 8.18. The number of rotatable bonds is 6. The molecule has 0 aliphatic carbocycles. The molecule has 3 aromatic rings. The van der Waals surface area contributed by atoms with E-state index in [4.69, 9.17) is 4.74 Å². The topological polar surface area (TPSA) is 121 Å². The molecule has 0 bridgehead atoms. The maximum absolute atomic E-state index is 14.3. The van der Waals surface area contributed by atoms with E-state index in [0.717, 1.165) is 10.7 Å². The van der Waals surface area contributed by atoms with E-state index in [9.17, 15) is 46.8 Å². The number of nitrogens with zero attached hydrogens (tertiary/aromatic N) is 3. The van der Waals surface area contributed by atoms with Crippen LogP contribution in [0.3, 0.4) is 0 Å². The number of benzene rings is 2. The Morgan fingerprint density at radius 1 is 1.11 bits per heavy atom. The highest BCUT2D eigenvalue weighted by Gasteiger charge is 2.54. The molecule has 2 aliphatic rings. The normalized spacial score (nSPS) is 30.7. The van der Waals surface area contributed by atoms with Crippen molar-refractivity contribution in [1.82, 2.24) is 15.0 Å². The summed E-state index contributed by atoms with van der Waals surface area (Å²) in [4.78, 5) is 0. The van der Waals surface area contributed by atoms with Crippen LogP contribution in [0.2, 0.25) is 0 Å². The molecule has 0 amide bonds. The summed E-state index contributed by atoms with van der Waals surface area (Å²) in [5, 5.41) is 51.0. The maximum atomic E-state index is 14.3. The van der Waals surface area contributed by atoms with E-state index < -0.39 is 86.6 Å². The van der Waals surface area contributed by atoms with Gasteiger partial charge in [-0.15, -0.1) is 5.10 Å². The zero-order valence-corrected chi connectivity index (χ0v) is 24.6. The third kappa shape index (κ3) is 6.09. The number of aromatic nitrogens is 3. The van der Waals surface area contributed by atoms with Gasteiger partial charge in [0.25, 0.3) is 0 Å². The molecule has 2 aromatic carbocycles. The highest BCUT2D eigenvalue weighted by atomic mass is 32.2. The average Bonchev–Trinajstić information content (AvgIpc) is 3.40. The Morgan fingerprint density at radius 3 is 2.39 bits per heavy atom.